The van der Waals surface area contributed by atoms with Gasteiger partial charge in [0.25, 0.3) is 0 Å². The summed E-state index contributed by atoms with van der Waals surface area (Å²) in [6.07, 6.45) is 1.33. The number of hydrogen-bond donors (Lipinski definition) is 0. The highest BCUT2D eigenvalue weighted by Crippen LogP contribution is 1.98. The molecule has 0 aliphatic rings. The zero-order valence-corrected chi connectivity index (χ0v) is 10.8. The summed E-state index contributed by atoms with van der Waals surface area (Å²) in [4.78, 5) is 11.1. The Morgan fingerprint density at radius 2 is 1.88 bits per heavy atom. The summed E-state index contributed by atoms with van der Waals surface area (Å²) >= 11 is 0. The summed E-state index contributed by atoms with van der Waals surface area (Å²) in [6, 6.07) is 0. The van der Waals surface area contributed by atoms with Gasteiger partial charge in [-0.05, 0) is 27.2 Å². The van der Waals surface area contributed by atoms with Crippen LogP contribution in [-0.4, -0.2) is 38.0 Å². The van der Waals surface area contributed by atoms with Crippen LogP contribution in [0.4, 0.5) is 0 Å². The second kappa shape index (κ2) is 9.60. The van der Waals surface area contributed by atoms with E-state index in [4.69, 9.17) is 14.2 Å². The van der Waals surface area contributed by atoms with Crippen molar-refractivity contribution in [3.05, 3.63) is 0 Å². The molecule has 0 spiro atoms. The van der Waals surface area contributed by atoms with Crippen molar-refractivity contribution in [2.45, 2.75) is 52.7 Å². The minimum Gasteiger partial charge on any atom is -0.460 e. The van der Waals surface area contributed by atoms with Gasteiger partial charge in [-0.15, -0.1) is 0 Å². The van der Waals surface area contributed by atoms with Gasteiger partial charge in [-0.2, -0.15) is 0 Å². The van der Waals surface area contributed by atoms with Gasteiger partial charge in [0.05, 0.1) is 25.9 Å². The Bertz CT molecular complexity index is 180. The maximum absolute atomic E-state index is 11.1. The van der Waals surface area contributed by atoms with Gasteiger partial charge >= 0.3 is 5.97 Å². The lowest BCUT2D eigenvalue weighted by Gasteiger charge is -2.14. The zero-order chi connectivity index (χ0) is 12.4. The second-order valence-electron chi connectivity index (χ2n) is 4.04. The minimum atomic E-state index is -0.182. The van der Waals surface area contributed by atoms with E-state index in [-0.39, 0.29) is 18.2 Å². The maximum atomic E-state index is 11.1. The number of esters is 1. The molecule has 4 heteroatoms. The molecule has 0 aliphatic heterocycles. The normalized spacial score (nSPS) is 12.8. The van der Waals surface area contributed by atoms with E-state index in [1.807, 2.05) is 27.7 Å². The third kappa shape index (κ3) is 9.93. The molecule has 4 nitrogen and oxygen atoms in total. The van der Waals surface area contributed by atoms with Crippen LogP contribution in [0, 0.1) is 0 Å². The van der Waals surface area contributed by atoms with E-state index in [2.05, 4.69) is 0 Å². The van der Waals surface area contributed by atoms with Gasteiger partial charge < -0.3 is 14.2 Å². The topological polar surface area (TPSA) is 44.8 Å². The van der Waals surface area contributed by atoms with Crippen molar-refractivity contribution in [3.8, 4) is 0 Å². The van der Waals surface area contributed by atoms with Crippen molar-refractivity contribution < 1.29 is 19.0 Å². The van der Waals surface area contributed by atoms with E-state index in [0.717, 1.165) is 6.42 Å². The zero-order valence-electron chi connectivity index (χ0n) is 10.8. The van der Waals surface area contributed by atoms with E-state index in [1.165, 1.54) is 0 Å². The van der Waals surface area contributed by atoms with Crippen molar-refractivity contribution in [1.29, 1.82) is 0 Å². The molecular weight excluding hydrogens is 208 g/mol. The third-order valence-corrected chi connectivity index (χ3v) is 1.82. The van der Waals surface area contributed by atoms with Gasteiger partial charge in [-0.25, -0.2) is 0 Å². The molecule has 1 unspecified atom stereocenters. The Morgan fingerprint density at radius 1 is 1.19 bits per heavy atom. The van der Waals surface area contributed by atoms with Crippen molar-refractivity contribution in [2.24, 2.45) is 0 Å². The van der Waals surface area contributed by atoms with E-state index in [0.29, 0.717) is 26.2 Å². The molecule has 0 aliphatic carbocycles. The first-order valence-electron chi connectivity index (χ1n) is 5.95. The number of carbonyl (C=O) groups is 1. The van der Waals surface area contributed by atoms with Crippen LogP contribution in [0.5, 0.6) is 0 Å². The predicted octanol–water partition coefficient (Wildman–Crippen LogP) is 2.16. The molecule has 16 heavy (non-hydrogen) atoms. The summed E-state index contributed by atoms with van der Waals surface area (Å²) in [6.45, 7) is 9.28. The largest absolute Gasteiger partial charge is 0.460 e. The number of rotatable bonds is 9. The van der Waals surface area contributed by atoms with E-state index in [1.54, 1.807) is 0 Å². The van der Waals surface area contributed by atoms with Crippen LogP contribution in [0.1, 0.15) is 40.5 Å². The molecule has 0 bridgehead atoms. The summed E-state index contributed by atoms with van der Waals surface area (Å²) in [5.74, 6) is -0.156. The lowest BCUT2D eigenvalue weighted by molar-refractivity contribution is -0.151. The lowest BCUT2D eigenvalue weighted by atomic mass is 10.3. The molecule has 0 N–H and O–H groups in total. The molecule has 0 rings (SSSR count). The second-order valence-corrected chi connectivity index (χ2v) is 4.04. The standard InChI is InChI=1S/C12H24O4/c1-5-6-12(13)16-11(4)9-14-7-8-15-10(2)3/h10-11H,5-9H2,1-4H3. The molecule has 0 aromatic rings. The first-order valence-corrected chi connectivity index (χ1v) is 5.95. The van der Waals surface area contributed by atoms with Crippen molar-refractivity contribution in [1.82, 2.24) is 0 Å². The van der Waals surface area contributed by atoms with Gasteiger partial charge in [0.15, 0.2) is 0 Å². The average Bonchev–Trinajstić information content (AvgIpc) is 2.16. The van der Waals surface area contributed by atoms with E-state index in [9.17, 15) is 4.79 Å². The first kappa shape index (κ1) is 15.4. The summed E-state index contributed by atoms with van der Waals surface area (Å²) < 4.78 is 15.7. The molecule has 0 heterocycles. The Hall–Kier alpha value is -0.610. The quantitative estimate of drug-likeness (QED) is 0.451. The van der Waals surface area contributed by atoms with Gasteiger partial charge in [-0.1, -0.05) is 6.92 Å². The summed E-state index contributed by atoms with van der Waals surface area (Å²) in [5.41, 5.74) is 0. The lowest BCUT2D eigenvalue weighted by Crippen LogP contribution is -2.21. The van der Waals surface area contributed by atoms with Crippen LogP contribution in [0.3, 0.4) is 0 Å². The van der Waals surface area contributed by atoms with Crippen molar-refractivity contribution >= 4 is 5.97 Å². The maximum Gasteiger partial charge on any atom is 0.306 e. The Balaban J connectivity index is 3.36. The average molecular weight is 232 g/mol. The van der Waals surface area contributed by atoms with Gasteiger partial charge in [-0.3, -0.25) is 4.79 Å². The Kier molecular flexibility index (Phi) is 9.24. The van der Waals surface area contributed by atoms with Crippen molar-refractivity contribution in [3.63, 3.8) is 0 Å². The number of carbonyl (C=O) groups excluding carboxylic acids is 1. The van der Waals surface area contributed by atoms with Crippen LogP contribution in [-0.2, 0) is 19.0 Å². The van der Waals surface area contributed by atoms with Crippen LogP contribution in [0.2, 0.25) is 0 Å². The molecule has 1 atom stereocenters. The fourth-order valence-electron chi connectivity index (χ4n) is 1.11. The predicted molar refractivity (Wildman–Crippen MR) is 62.4 cm³/mol. The fraction of sp³-hybridized carbons (Fsp3) is 0.917. The van der Waals surface area contributed by atoms with Crippen LogP contribution >= 0.6 is 0 Å². The van der Waals surface area contributed by atoms with Crippen LogP contribution in [0.25, 0.3) is 0 Å². The monoisotopic (exact) mass is 232 g/mol. The van der Waals surface area contributed by atoms with E-state index < -0.39 is 0 Å². The smallest absolute Gasteiger partial charge is 0.306 e. The molecule has 0 radical (unpaired) electrons. The Morgan fingerprint density at radius 3 is 2.44 bits per heavy atom. The molecule has 96 valence electrons. The number of hydrogen-bond acceptors (Lipinski definition) is 4. The van der Waals surface area contributed by atoms with Gasteiger partial charge in [0, 0.05) is 6.42 Å². The summed E-state index contributed by atoms with van der Waals surface area (Å²) in [5, 5.41) is 0. The highest BCUT2D eigenvalue weighted by atomic mass is 16.6. The number of ether oxygens (including phenoxy) is 3. The highest BCUT2D eigenvalue weighted by Gasteiger charge is 2.08. The molecular formula is C12H24O4. The summed E-state index contributed by atoms with van der Waals surface area (Å²) in [7, 11) is 0. The van der Waals surface area contributed by atoms with Gasteiger partial charge in [0.1, 0.15) is 6.10 Å². The van der Waals surface area contributed by atoms with Crippen molar-refractivity contribution in [2.75, 3.05) is 19.8 Å². The Labute approximate surface area is 98.3 Å². The fourth-order valence-corrected chi connectivity index (χ4v) is 1.11. The van der Waals surface area contributed by atoms with E-state index >= 15 is 0 Å². The molecule has 0 saturated carbocycles. The molecule has 0 fully saturated rings. The highest BCUT2D eigenvalue weighted by molar-refractivity contribution is 5.69. The third-order valence-electron chi connectivity index (χ3n) is 1.82. The first-order chi connectivity index (χ1) is 7.56. The van der Waals surface area contributed by atoms with Crippen LogP contribution < -0.4 is 0 Å². The minimum absolute atomic E-state index is 0.156. The van der Waals surface area contributed by atoms with Gasteiger partial charge in [0.2, 0.25) is 0 Å². The SMILES string of the molecule is CCCC(=O)OC(C)COCCOC(C)C. The van der Waals surface area contributed by atoms with Crippen LogP contribution in [0.15, 0.2) is 0 Å². The molecule has 0 aromatic carbocycles. The molecule has 0 saturated heterocycles. The molecule has 0 aromatic heterocycles. The molecule has 0 amide bonds.